The number of carbonyl (C=O) groups is 1. The number of benzene rings is 2. The third-order valence-corrected chi connectivity index (χ3v) is 6.05. The Morgan fingerprint density at radius 1 is 1.14 bits per heavy atom. The van der Waals surface area contributed by atoms with Gasteiger partial charge in [-0.1, -0.05) is 11.2 Å². The molecule has 0 spiro atoms. The van der Waals surface area contributed by atoms with Crippen molar-refractivity contribution in [3.05, 3.63) is 94.1 Å². The highest BCUT2D eigenvalue weighted by atomic mass is 32.2. The standard InChI is InChI=1S/C22H16N4O8S/c1-14-4-7-17(26(28)29)11-19(14)35(30,31)34-18-8-5-15(6-9-18)22(27)32-13-20-24-21(25-33-20)16-3-2-10-23-12-16/h2-12H,13H2,1H3. The number of aryl methyl sites for hydroxylation is 1. The van der Waals surface area contributed by atoms with Gasteiger partial charge in [0, 0.05) is 30.1 Å². The molecule has 178 valence electrons. The SMILES string of the molecule is Cc1ccc([N+](=O)[O-])cc1S(=O)(=O)Oc1ccc(C(=O)OCc2nc(-c3cccnc3)no2)cc1. The minimum absolute atomic E-state index is 0.0792. The number of hydrogen-bond acceptors (Lipinski definition) is 11. The van der Waals surface area contributed by atoms with E-state index in [1.807, 2.05) is 0 Å². The number of nitro groups is 1. The fourth-order valence-electron chi connectivity index (χ4n) is 2.93. The Labute approximate surface area is 198 Å². The number of carbonyl (C=O) groups excluding carboxylic acids is 1. The third-order valence-electron chi connectivity index (χ3n) is 4.66. The maximum absolute atomic E-state index is 12.6. The molecule has 2 aromatic carbocycles. The molecule has 0 saturated carbocycles. The van der Waals surface area contributed by atoms with Gasteiger partial charge in [0.1, 0.15) is 10.6 Å². The molecule has 2 heterocycles. The van der Waals surface area contributed by atoms with Crippen LogP contribution in [0.5, 0.6) is 5.75 Å². The molecular formula is C22H16N4O8S. The van der Waals surface area contributed by atoms with Crippen LogP contribution in [0.4, 0.5) is 5.69 Å². The molecule has 0 aliphatic heterocycles. The monoisotopic (exact) mass is 496 g/mol. The molecule has 0 radical (unpaired) electrons. The average molecular weight is 496 g/mol. The number of non-ortho nitro benzene ring substituents is 1. The molecule has 35 heavy (non-hydrogen) atoms. The largest absolute Gasteiger partial charge is 0.452 e. The van der Waals surface area contributed by atoms with Crippen LogP contribution in [-0.4, -0.2) is 34.4 Å². The van der Waals surface area contributed by atoms with E-state index in [-0.39, 0.29) is 40.0 Å². The lowest BCUT2D eigenvalue weighted by Crippen LogP contribution is -2.12. The summed E-state index contributed by atoms with van der Waals surface area (Å²) < 4.78 is 40.5. The summed E-state index contributed by atoms with van der Waals surface area (Å²) in [5.41, 5.74) is 0.654. The lowest BCUT2D eigenvalue weighted by Gasteiger charge is -2.09. The lowest BCUT2D eigenvalue weighted by molar-refractivity contribution is -0.385. The fourth-order valence-corrected chi connectivity index (χ4v) is 4.11. The highest BCUT2D eigenvalue weighted by molar-refractivity contribution is 7.87. The van der Waals surface area contributed by atoms with Crippen molar-refractivity contribution in [3.63, 3.8) is 0 Å². The summed E-state index contributed by atoms with van der Waals surface area (Å²) in [5.74, 6) is -0.429. The first-order chi connectivity index (χ1) is 16.7. The van der Waals surface area contributed by atoms with Gasteiger partial charge >= 0.3 is 16.1 Å². The Bertz CT molecular complexity index is 1490. The molecule has 13 heteroatoms. The Balaban J connectivity index is 1.40. The van der Waals surface area contributed by atoms with Crippen LogP contribution in [-0.2, 0) is 21.5 Å². The first-order valence-electron chi connectivity index (χ1n) is 9.92. The molecule has 2 aromatic heterocycles. The number of pyridine rings is 1. The molecule has 0 N–H and O–H groups in total. The van der Waals surface area contributed by atoms with Gasteiger partial charge in [-0.15, -0.1) is 0 Å². The molecule has 12 nitrogen and oxygen atoms in total. The number of ether oxygens (including phenoxy) is 1. The molecule has 0 amide bonds. The molecular weight excluding hydrogens is 480 g/mol. The number of aromatic nitrogens is 3. The quantitative estimate of drug-likeness (QED) is 0.152. The van der Waals surface area contributed by atoms with Gasteiger partial charge < -0.3 is 13.4 Å². The molecule has 0 fully saturated rings. The minimum Gasteiger partial charge on any atom is -0.452 e. The second kappa shape index (κ2) is 9.69. The van der Waals surface area contributed by atoms with E-state index in [1.54, 1.807) is 24.5 Å². The van der Waals surface area contributed by atoms with Gasteiger partial charge in [-0.3, -0.25) is 15.1 Å². The zero-order valence-corrected chi connectivity index (χ0v) is 18.8. The van der Waals surface area contributed by atoms with Crippen molar-refractivity contribution in [2.75, 3.05) is 0 Å². The van der Waals surface area contributed by atoms with Crippen molar-refractivity contribution in [2.24, 2.45) is 0 Å². The van der Waals surface area contributed by atoms with Gasteiger partial charge in [0.25, 0.3) is 11.6 Å². The first-order valence-corrected chi connectivity index (χ1v) is 11.3. The fraction of sp³-hybridized carbons (Fsp3) is 0.0909. The molecule has 4 aromatic rings. The Morgan fingerprint density at radius 2 is 1.91 bits per heavy atom. The Kier molecular flexibility index (Phi) is 6.51. The maximum Gasteiger partial charge on any atom is 0.339 e. The molecule has 0 atom stereocenters. The zero-order chi connectivity index (χ0) is 25.0. The summed E-state index contributed by atoms with van der Waals surface area (Å²) in [6.45, 7) is 1.22. The molecule has 0 aliphatic rings. The summed E-state index contributed by atoms with van der Waals surface area (Å²) in [7, 11) is -4.35. The number of nitro benzene ring substituents is 1. The van der Waals surface area contributed by atoms with Gasteiger partial charge in [-0.05, 0) is 48.9 Å². The highest BCUT2D eigenvalue weighted by Gasteiger charge is 2.23. The van der Waals surface area contributed by atoms with E-state index in [9.17, 15) is 23.3 Å². The topological polar surface area (TPSA) is 165 Å². The maximum atomic E-state index is 12.6. The van der Waals surface area contributed by atoms with Crippen molar-refractivity contribution in [2.45, 2.75) is 18.4 Å². The van der Waals surface area contributed by atoms with Gasteiger partial charge in [0.2, 0.25) is 5.82 Å². The van der Waals surface area contributed by atoms with E-state index in [1.165, 1.54) is 43.3 Å². The summed E-state index contributed by atoms with van der Waals surface area (Å²) in [4.78, 5) is 30.3. The molecule has 0 aliphatic carbocycles. The van der Waals surface area contributed by atoms with Crippen LogP contribution in [0.1, 0.15) is 21.8 Å². The van der Waals surface area contributed by atoms with Gasteiger partial charge in [0.05, 0.1) is 10.5 Å². The molecule has 0 unspecified atom stereocenters. The highest BCUT2D eigenvalue weighted by Crippen LogP contribution is 2.25. The number of esters is 1. The van der Waals surface area contributed by atoms with Gasteiger partial charge in [0.15, 0.2) is 6.61 Å². The predicted octanol–water partition coefficient (Wildman–Crippen LogP) is 3.47. The van der Waals surface area contributed by atoms with Crippen LogP contribution in [0.15, 0.2) is 76.4 Å². The van der Waals surface area contributed by atoms with Crippen LogP contribution < -0.4 is 4.18 Å². The molecule has 0 bridgehead atoms. The van der Waals surface area contributed by atoms with E-state index < -0.39 is 21.0 Å². The van der Waals surface area contributed by atoms with E-state index in [2.05, 4.69) is 15.1 Å². The molecule has 0 saturated heterocycles. The summed E-state index contributed by atoms with van der Waals surface area (Å²) in [6.07, 6.45) is 3.16. The summed E-state index contributed by atoms with van der Waals surface area (Å²) in [6, 6.07) is 12.0. The van der Waals surface area contributed by atoms with Crippen LogP contribution in [0.3, 0.4) is 0 Å². The Hall–Kier alpha value is -4.65. The van der Waals surface area contributed by atoms with E-state index >= 15 is 0 Å². The summed E-state index contributed by atoms with van der Waals surface area (Å²) >= 11 is 0. The van der Waals surface area contributed by atoms with E-state index in [4.69, 9.17) is 13.4 Å². The van der Waals surface area contributed by atoms with Crippen molar-refractivity contribution in [1.29, 1.82) is 0 Å². The normalized spacial score (nSPS) is 11.1. The van der Waals surface area contributed by atoms with Crippen molar-refractivity contribution in [3.8, 4) is 17.1 Å². The van der Waals surface area contributed by atoms with Gasteiger partial charge in [-0.2, -0.15) is 13.4 Å². The second-order valence-corrected chi connectivity index (χ2v) is 8.61. The predicted molar refractivity (Wildman–Crippen MR) is 119 cm³/mol. The van der Waals surface area contributed by atoms with E-state index in [0.717, 1.165) is 6.07 Å². The number of nitrogens with zero attached hydrogens (tertiary/aromatic N) is 4. The van der Waals surface area contributed by atoms with Crippen molar-refractivity contribution < 1.29 is 31.6 Å². The summed E-state index contributed by atoms with van der Waals surface area (Å²) in [5, 5.41) is 14.8. The minimum atomic E-state index is -4.35. The Morgan fingerprint density at radius 3 is 2.60 bits per heavy atom. The molecule has 4 rings (SSSR count). The first kappa shape index (κ1) is 23.5. The smallest absolute Gasteiger partial charge is 0.339 e. The zero-order valence-electron chi connectivity index (χ0n) is 18.0. The van der Waals surface area contributed by atoms with E-state index in [0.29, 0.717) is 11.4 Å². The third kappa shape index (κ3) is 5.47. The number of hydrogen-bond donors (Lipinski definition) is 0. The second-order valence-electron chi connectivity index (χ2n) is 7.10. The van der Waals surface area contributed by atoms with Crippen molar-refractivity contribution >= 4 is 21.8 Å². The van der Waals surface area contributed by atoms with Crippen LogP contribution in [0, 0.1) is 17.0 Å². The average Bonchev–Trinajstić information content (AvgIpc) is 3.32. The van der Waals surface area contributed by atoms with Crippen LogP contribution in [0.2, 0.25) is 0 Å². The van der Waals surface area contributed by atoms with Crippen LogP contribution in [0.25, 0.3) is 11.4 Å². The van der Waals surface area contributed by atoms with Crippen LogP contribution >= 0.6 is 0 Å². The number of rotatable bonds is 8. The van der Waals surface area contributed by atoms with Gasteiger partial charge in [-0.25, -0.2) is 4.79 Å². The lowest BCUT2D eigenvalue weighted by atomic mass is 10.2. The van der Waals surface area contributed by atoms with Crippen molar-refractivity contribution in [1.82, 2.24) is 15.1 Å².